The van der Waals surface area contributed by atoms with Crippen molar-refractivity contribution in [2.24, 2.45) is 7.05 Å². The first kappa shape index (κ1) is 18.1. The van der Waals surface area contributed by atoms with Crippen LogP contribution in [0.25, 0.3) is 6.08 Å². The highest BCUT2D eigenvalue weighted by atomic mass is 35.5. The summed E-state index contributed by atoms with van der Waals surface area (Å²) in [6.45, 7) is 1.63. The maximum Gasteiger partial charge on any atom is 0.416 e. The number of alkyl halides is 3. The maximum atomic E-state index is 12.5. The molecule has 0 saturated heterocycles. The molecule has 24 heavy (non-hydrogen) atoms. The number of carbonyl (C=O) groups is 1. The molecule has 0 aliphatic carbocycles. The number of esters is 1. The van der Waals surface area contributed by atoms with Crippen LogP contribution >= 0.6 is 11.6 Å². The van der Waals surface area contributed by atoms with Crippen molar-refractivity contribution in [3.8, 4) is 0 Å². The molecule has 0 amide bonds. The standard InChI is InChI=1S/C16H14ClF3N2O2/c1-10-13(15(17)22(2)21-10)7-8-14(23)24-9-11-3-5-12(6-4-11)16(18,19)20/h3-8H,9H2,1-2H3/b8-7-. The first-order valence-electron chi connectivity index (χ1n) is 6.88. The van der Waals surface area contributed by atoms with Crippen molar-refractivity contribution in [3.63, 3.8) is 0 Å². The number of ether oxygens (including phenoxy) is 1. The molecule has 1 aromatic heterocycles. The second-order valence-corrected chi connectivity index (χ2v) is 5.41. The lowest BCUT2D eigenvalue weighted by atomic mass is 10.1. The van der Waals surface area contributed by atoms with Crippen LogP contribution in [0.3, 0.4) is 0 Å². The topological polar surface area (TPSA) is 44.1 Å². The second-order valence-electron chi connectivity index (χ2n) is 5.05. The van der Waals surface area contributed by atoms with Crippen LogP contribution in [0.5, 0.6) is 0 Å². The molecule has 0 N–H and O–H groups in total. The van der Waals surface area contributed by atoms with Gasteiger partial charge in [0.2, 0.25) is 0 Å². The number of nitrogens with zero attached hydrogens (tertiary/aromatic N) is 2. The lowest BCUT2D eigenvalue weighted by Crippen LogP contribution is -2.05. The predicted octanol–water partition coefficient (Wildman–Crippen LogP) is 4.16. The third-order valence-electron chi connectivity index (χ3n) is 3.24. The van der Waals surface area contributed by atoms with Gasteiger partial charge in [-0.05, 0) is 30.7 Å². The molecule has 4 nitrogen and oxygen atoms in total. The van der Waals surface area contributed by atoms with E-state index < -0.39 is 17.7 Å². The minimum Gasteiger partial charge on any atom is -0.458 e. The molecule has 1 aromatic carbocycles. The van der Waals surface area contributed by atoms with Gasteiger partial charge >= 0.3 is 12.1 Å². The van der Waals surface area contributed by atoms with E-state index >= 15 is 0 Å². The zero-order chi connectivity index (χ0) is 17.9. The van der Waals surface area contributed by atoms with Crippen molar-refractivity contribution >= 4 is 23.6 Å². The number of hydrogen-bond acceptors (Lipinski definition) is 3. The average molecular weight is 359 g/mol. The van der Waals surface area contributed by atoms with Gasteiger partial charge in [-0.3, -0.25) is 4.68 Å². The molecule has 1 heterocycles. The molecule has 0 aliphatic rings. The van der Waals surface area contributed by atoms with E-state index in [0.29, 0.717) is 22.0 Å². The molecule has 8 heteroatoms. The minimum absolute atomic E-state index is 0.124. The van der Waals surface area contributed by atoms with E-state index in [9.17, 15) is 18.0 Å². The van der Waals surface area contributed by atoms with E-state index in [1.807, 2.05) is 0 Å². The molecule has 128 valence electrons. The number of halogens is 4. The van der Waals surface area contributed by atoms with Crippen molar-refractivity contribution in [3.05, 3.63) is 57.9 Å². The van der Waals surface area contributed by atoms with Gasteiger partial charge in [0.15, 0.2) is 0 Å². The molecule has 0 fully saturated rings. The van der Waals surface area contributed by atoms with Crippen LogP contribution < -0.4 is 0 Å². The highest BCUT2D eigenvalue weighted by Crippen LogP contribution is 2.29. The van der Waals surface area contributed by atoms with Gasteiger partial charge < -0.3 is 4.74 Å². The van der Waals surface area contributed by atoms with Crippen molar-refractivity contribution < 1.29 is 22.7 Å². The Morgan fingerprint density at radius 1 is 1.33 bits per heavy atom. The molecule has 0 radical (unpaired) electrons. The lowest BCUT2D eigenvalue weighted by molar-refractivity contribution is -0.139. The summed E-state index contributed by atoms with van der Waals surface area (Å²) in [5.74, 6) is -0.630. The molecule has 2 rings (SSSR count). The summed E-state index contributed by atoms with van der Waals surface area (Å²) in [6, 6.07) is 4.42. The number of carbonyl (C=O) groups excluding carboxylic acids is 1. The van der Waals surface area contributed by atoms with Crippen molar-refractivity contribution in [2.45, 2.75) is 19.7 Å². The third-order valence-corrected chi connectivity index (χ3v) is 3.69. The van der Waals surface area contributed by atoms with Crippen molar-refractivity contribution in [1.82, 2.24) is 9.78 Å². The van der Waals surface area contributed by atoms with Crippen LogP contribution in [0.4, 0.5) is 13.2 Å². The Kier molecular flexibility index (Phi) is 5.33. The summed E-state index contributed by atoms with van der Waals surface area (Å²) < 4.78 is 43.8. The normalized spacial score (nSPS) is 11.9. The minimum atomic E-state index is -4.39. The van der Waals surface area contributed by atoms with E-state index in [-0.39, 0.29) is 6.61 Å². The zero-order valence-electron chi connectivity index (χ0n) is 12.9. The SMILES string of the molecule is Cc1nn(C)c(Cl)c1/C=C\C(=O)OCc1ccc(C(F)(F)F)cc1. The first-order chi connectivity index (χ1) is 11.2. The fraction of sp³-hybridized carbons (Fsp3) is 0.250. The van der Waals surface area contributed by atoms with Gasteiger partial charge in [-0.1, -0.05) is 23.7 Å². The van der Waals surface area contributed by atoms with Gasteiger partial charge in [0.25, 0.3) is 0 Å². The smallest absolute Gasteiger partial charge is 0.416 e. The monoisotopic (exact) mass is 358 g/mol. The van der Waals surface area contributed by atoms with Gasteiger partial charge in [-0.2, -0.15) is 18.3 Å². The van der Waals surface area contributed by atoms with Gasteiger partial charge in [0.05, 0.1) is 11.3 Å². The first-order valence-corrected chi connectivity index (χ1v) is 7.26. The number of hydrogen-bond donors (Lipinski definition) is 0. The molecule has 0 saturated carbocycles. The maximum absolute atomic E-state index is 12.5. The van der Waals surface area contributed by atoms with Gasteiger partial charge in [-0.25, -0.2) is 4.79 Å². The molecular formula is C16H14ClF3N2O2. The molecular weight excluding hydrogens is 345 g/mol. The van der Waals surface area contributed by atoms with E-state index in [4.69, 9.17) is 16.3 Å². The number of aromatic nitrogens is 2. The molecule has 2 aromatic rings. The van der Waals surface area contributed by atoms with Crippen LogP contribution in [-0.4, -0.2) is 15.7 Å². The molecule has 0 spiro atoms. The highest BCUT2D eigenvalue weighted by Gasteiger charge is 2.29. The van der Waals surface area contributed by atoms with Crippen LogP contribution in [-0.2, 0) is 29.4 Å². The summed E-state index contributed by atoms with van der Waals surface area (Å²) in [4.78, 5) is 11.7. The summed E-state index contributed by atoms with van der Waals surface area (Å²) in [5, 5.41) is 4.49. The summed E-state index contributed by atoms with van der Waals surface area (Å²) in [7, 11) is 1.68. The number of benzene rings is 1. The molecule has 0 atom stereocenters. The average Bonchev–Trinajstić information content (AvgIpc) is 2.75. The summed E-state index contributed by atoms with van der Waals surface area (Å²) >= 11 is 6.03. The quantitative estimate of drug-likeness (QED) is 0.609. The molecule has 0 bridgehead atoms. The van der Waals surface area contributed by atoms with Crippen LogP contribution in [0.1, 0.15) is 22.4 Å². The van der Waals surface area contributed by atoms with Gasteiger partial charge in [0.1, 0.15) is 11.8 Å². The van der Waals surface area contributed by atoms with E-state index in [1.165, 1.54) is 29.0 Å². The van der Waals surface area contributed by atoms with E-state index in [0.717, 1.165) is 12.1 Å². The van der Waals surface area contributed by atoms with Crippen LogP contribution in [0.15, 0.2) is 30.3 Å². The predicted molar refractivity (Wildman–Crippen MR) is 83.2 cm³/mol. The number of rotatable bonds is 4. The van der Waals surface area contributed by atoms with Crippen molar-refractivity contribution in [1.29, 1.82) is 0 Å². The third kappa shape index (κ3) is 4.38. The number of aryl methyl sites for hydroxylation is 2. The Balaban J connectivity index is 1.95. The Bertz CT molecular complexity index is 765. The van der Waals surface area contributed by atoms with E-state index in [1.54, 1.807) is 14.0 Å². The van der Waals surface area contributed by atoms with Crippen LogP contribution in [0, 0.1) is 6.92 Å². The summed E-state index contributed by atoms with van der Waals surface area (Å²) in [6.07, 6.45) is -1.71. The zero-order valence-corrected chi connectivity index (χ0v) is 13.6. The fourth-order valence-electron chi connectivity index (χ4n) is 1.98. The largest absolute Gasteiger partial charge is 0.458 e. The lowest BCUT2D eigenvalue weighted by Gasteiger charge is -2.07. The van der Waals surface area contributed by atoms with E-state index in [2.05, 4.69) is 5.10 Å². The Labute approximate surface area is 141 Å². The van der Waals surface area contributed by atoms with Gasteiger partial charge in [-0.15, -0.1) is 0 Å². The molecule has 0 unspecified atom stereocenters. The van der Waals surface area contributed by atoms with Crippen molar-refractivity contribution in [2.75, 3.05) is 0 Å². The van der Waals surface area contributed by atoms with Crippen LogP contribution in [0.2, 0.25) is 5.15 Å². The van der Waals surface area contributed by atoms with Gasteiger partial charge in [0, 0.05) is 18.7 Å². The highest BCUT2D eigenvalue weighted by molar-refractivity contribution is 6.31. The Hall–Kier alpha value is -2.28. The fourth-order valence-corrected chi connectivity index (χ4v) is 2.22. The molecule has 0 aliphatic heterocycles. The summed E-state index contributed by atoms with van der Waals surface area (Å²) in [5.41, 5.74) is 0.972. The Morgan fingerprint density at radius 3 is 2.46 bits per heavy atom. The Morgan fingerprint density at radius 2 is 1.96 bits per heavy atom. The second kappa shape index (κ2) is 7.09.